The molecule has 0 fully saturated rings. The molecule has 14 heavy (non-hydrogen) atoms. The van der Waals surface area contributed by atoms with Crippen LogP contribution in [0.3, 0.4) is 0 Å². The minimum Gasteiger partial charge on any atom is -0.372 e. The van der Waals surface area contributed by atoms with Crippen LogP contribution in [0.2, 0.25) is 0 Å². The standard InChI is InChI=1S/C9H11N5/c1-10-9-6-11-5-8(12-9)7-3-4-14(2)13-7/h3-6H,1-2H3,(H,10,12). The van der Waals surface area contributed by atoms with Gasteiger partial charge in [-0.1, -0.05) is 0 Å². The molecule has 2 aromatic heterocycles. The van der Waals surface area contributed by atoms with Crippen molar-refractivity contribution in [1.82, 2.24) is 19.7 Å². The van der Waals surface area contributed by atoms with E-state index in [9.17, 15) is 0 Å². The summed E-state index contributed by atoms with van der Waals surface area (Å²) < 4.78 is 1.74. The van der Waals surface area contributed by atoms with Crippen LogP contribution in [0.1, 0.15) is 0 Å². The third-order valence-electron chi connectivity index (χ3n) is 1.87. The van der Waals surface area contributed by atoms with Crippen molar-refractivity contribution in [3.05, 3.63) is 24.7 Å². The highest BCUT2D eigenvalue weighted by atomic mass is 15.3. The number of aryl methyl sites for hydroxylation is 1. The Kier molecular flexibility index (Phi) is 2.14. The van der Waals surface area contributed by atoms with E-state index in [0.717, 1.165) is 17.2 Å². The van der Waals surface area contributed by atoms with Crippen LogP contribution in [0.15, 0.2) is 24.7 Å². The Morgan fingerprint density at radius 1 is 1.29 bits per heavy atom. The maximum atomic E-state index is 4.33. The van der Waals surface area contributed by atoms with Crippen molar-refractivity contribution in [2.45, 2.75) is 0 Å². The molecule has 2 rings (SSSR count). The highest BCUT2D eigenvalue weighted by Gasteiger charge is 2.03. The number of anilines is 1. The molecule has 2 aromatic rings. The monoisotopic (exact) mass is 189 g/mol. The molecule has 0 aliphatic rings. The number of nitrogens with zero attached hydrogens (tertiary/aromatic N) is 4. The molecular formula is C9H11N5. The SMILES string of the molecule is CNc1cncc(-c2ccn(C)n2)n1. The lowest BCUT2D eigenvalue weighted by Crippen LogP contribution is -1.96. The molecule has 0 aliphatic carbocycles. The molecule has 0 atom stereocenters. The third kappa shape index (κ3) is 1.56. The quantitative estimate of drug-likeness (QED) is 0.763. The Hall–Kier alpha value is -1.91. The van der Waals surface area contributed by atoms with Gasteiger partial charge in [0.15, 0.2) is 0 Å². The van der Waals surface area contributed by atoms with Crippen LogP contribution in [0.5, 0.6) is 0 Å². The first-order valence-electron chi connectivity index (χ1n) is 4.29. The van der Waals surface area contributed by atoms with E-state index in [1.807, 2.05) is 26.4 Å². The zero-order valence-corrected chi connectivity index (χ0v) is 8.10. The molecule has 0 radical (unpaired) electrons. The normalized spacial score (nSPS) is 10.1. The average molecular weight is 189 g/mol. The molecule has 5 heteroatoms. The summed E-state index contributed by atoms with van der Waals surface area (Å²) in [6.45, 7) is 0. The minimum absolute atomic E-state index is 0.744. The molecule has 0 bridgehead atoms. The van der Waals surface area contributed by atoms with Gasteiger partial charge in [0, 0.05) is 20.3 Å². The van der Waals surface area contributed by atoms with Gasteiger partial charge in [-0.25, -0.2) is 4.98 Å². The second-order valence-corrected chi connectivity index (χ2v) is 2.91. The fourth-order valence-corrected chi connectivity index (χ4v) is 1.16. The van der Waals surface area contributed by atoms with Crippen molar-refractivity contribution >= 4 is 5.82 Å². The van der Waals surface area contributed by atoms with Gasteiger partial charge in [0.1, 0.15) is 17.2 Å². The lowest BCUT2D eigenvalue weighted by molar-refractivity contribution is 0.770. The first kappa shape index (κ1) is 8.68. The smallest absolute Gasteiger partial charge is 0.145 e. The Labute approximate surface area is 81.8 Å². The summed E-state index contributed by atoms with van der Waals surface area (Å²) in [5, 5.41) is 7.18. The van der Waals surface area contributed by atoms with Gasteiger partial charge in [0.25, 0.3) is 0 Å². The van der Waals surface area contributed by atoms with Crippen LogP contribution >= 0.6 is 0 Å². The Bertz CT molecular complexity index is 434. The van der Waals surface area contributed by atoms with E-state index >= 15 is 0 Å². The summed E-state index contributed by atoms with van der Waals surface area (Å²) in [6.07, 6.45) is 5.25. The summed E-state index contributed by atoms with van der Waals surface area (Å²) in [6, 6.07) is 1.91. The lowest BCUT2D eigenvalue weighted by atomic mass is 10.3. The fraction of sp³-hybridized carbons (Fsp3) is 0.222. The van der Waals surface area contributed by atoms with E-state index in [4.69, 9.17) is 0 Å². The van der Waals surface area contributed by atoms with Gasteiger partial charge >= 0.3 is 0 Å². The molecule has 5 nitrogen and oxygen atoms in total. The summed E-state index contributed by atoms with van der Waals surface area (Å²) >= 11 is 0. The highest BCUT2D eigenvalue weighted by molar-refractivity contribution is 5.54. The van der Waals surface area contributed by atoms with Crippen LogP contribution in [0.4, 0.5) is 5.82 Å². The van der Waals surface area contributed by atoms with Crippen LogP contribution in [0, 0.1) is 0 Å². The van der Waals surface area contributed by atoms with Crippen molar-refractivity contribution in [1.29, 1.82) is 0 Å². The van der Waals surface area contributed by atoms with Crippen molar-refractivity contribution in [3.8, 4) is 11.4 Å². The predicted octanol–water partition coefficient (Wildman–Crippen LogP) is 0.919. The molecule has 0 amide bonds. The predicted molar refractivity (Wildman–Crippen MR) is 53.8 cm³/mol. The highest BCUT2D eigenvalue weighted by Crippen LogP contribution is 2.14. The lowest BCUT2D eigenvalue weighted by Gasteiger charge is -1.99. The van der Waals surface area contributed by atoms with Crippen molar-refractivity contribution in [3.63, 3.8) is 0 Å². The molecule has 0 aliphatic heterocycles. The Morgan fingerprint density at radius 3 is 2.79 bits per heavy atom. The third-order valence-corrected chi connectivity index (χ3v) is 1.87. The van der Waals surface area contributed by atoms with E-state index in [-0.39, 0.29) is 0 Å². The number of rotatable bonds is 2. The molecule has 0 unspecified atom stereocenters. The van der Waals surface area contributed by atoms with E-state index in [0.29, 0.717) is 0 Å². The summed E-state index contributed by atoms with van der Waals surface area (Å²) in [7, 11) is 3.69. The summed E-state index contributed by atoms with van der Waals surface area (Å²) in [5.74, 6) is 0.744. The van der Waals surface area contributed by atoms with Gasteiger partial charge in [0.05, 0.1) is 12.4 Å². The molecular weight excluding hydrogens is 178 g/mol. The zero-order valence-electron chi connectivity index (χ0n) is 8.10. The summed E-state index contributed by atoms with van der Waals surface area (Å²) in [4.78, 5) is 8.39. The molecule has 0 aromatic carbocycles. The molecule has 0 saturated heterocycles. The second kappa shape index (κ2) is 3.45. The molecule has 0 spiro atoms. The number of hydrogen-bond acceptors (Lipinski definition) is 4. The first-order valence-corrected chi connectivity index (χ1v) is 4.29. The van der Waals surface area contributed by atoms with Gasteiger partial charge in [-0.2, -0.15) is 5.10 Å². The van der Waals surface area contributed by atoms with Crippen molar-refractivity contribution in [2.75, 3.05) is 12.4 Å². The Morgan fingerprint density at radius 2 is 2.14 bits per heavy atom. The van der Waals surface area contributed by atoms with E-state index < -0.39 is 0 Å². The van der Waals surface area contributed by atoms with E-state index in [1.165, 1.54) is 0 Å². The van der Waals surface area contributed by atoms with Crippen LogP contribution < -0.4 is 5.32 Å². The number of hydrogen-bond donors (Lipinski definition) is 1. The van der Waals surface area contributed by atoms with Crippen molar-refractivity contribution in [2.24, 2.45) is 7.05 Å². The first-order chi connectivity index (χ1) is 6.79. The largest absolute Gasteiger partial charge is 0.372 e. The molecule has 0 saturated carbocycles. The maximum Gasteiger partial charge on any atom is 0.145 e. The summed E-state index contributed by atoms with van der Waals surface area (Å²) in [5.41, 5.74) is 1.61. The van der Waals surface area contributed by atoms with Crippen LogP contribution in [-0.2, 0) is 7.05 Å². The van der Waals surface area contributed by atoms with Gasteiger partial charge < -0.3 is 5.32 Å². The molecule has 1 N–H and O–H groups in total. The van der Waals surface area contributed by atoms with Gasteiger partial charge in [-0.05, 0) is 6.07 Å². The van der Waals surface area contributed by atoms with Crippen LogP contribution in [0.25, 0.3) is 11.4 Å². The van der Waals surface area contributed by atoms with E-state index in [1.54, 1.807) is 17.1 Å². The van der Waals surface area contributed by atoms with Gasteiger partial charge in [-0.15, -0.1) is 0 Å². The topological polar surface area (TPSA) is 55.6 Å². The maximum absolute atomic E-state index is 4.33. The zero-order chi connectivity index (χ0) is 9.97. The Balaban J connectivity index is 2.41. The number of nitrogens with one attached hydrogen (secondary N) is 1. The fourth-order valence-electron chi connectivity index (χ4n) is 1.16. The van der Waals surface area contributed by atoms with E-state index in [2.05, 4.69) is 20.4 Å². The van der Waals surface area contributed by atoms with Crippen LogP contribution in [-0.4, -0.2) is 26.8 Å². The van der Waals surface area contributed by atoms with Gasteiger partial charge in [-0.3, -0.25) is 9.67 Å². The van der Waals surface area contributed by atoms with Gasteiger partial charge in [0.2, 0.25) is 0 Å². The number of aromatic nitrogens is 4. The van der Waals surface area contributed by atoms with Crippen molar-refractivity contribution < 1.29 is 0 Å². The minimum atomic E-state index is 0.744. The molecule has 72 valence electrons. The second-order valence-electron chi connectivity index (χ2n) is 2.91. The average Bonchev–Trinajstić information content (AvgIpc) is 2.65. The molecule has 2 heterocycles.